The van der Waals surface area contributed by atoms with Crippen LogP contribution in [0.25, 0.3) is 10.3 Å². The van der Waals surface area contributed by atoms with E-state index in [0.29, 0.717) is 26.7 Å². The summed E-state index contributed by atoms with van der Waals surface area (Å²) in [5.74, 6) is -0.426. The van der Waals surface area contributed by atoms with Crippen molar-refractivity contribution in [2.75, 3.05) is 19.4 Å². The highest BCUT2D eigenvalue weighted by molar-refractivity contribution is 7.22. The molecule has 0 radical (unpaired) electrons. The first kappa shape index (κ1) is 19.0. The maximum absolute atomic E-state index is 12.5. The second kappa shape index (κ2) is 6.77. The van der Waals surface area contributed by atoms with Crippen molar-refractivity contribution in [2.24, 2.45) is 0 Å². The zero-order valence-corrected chi connectivity index (χ0v) is 17.1. The van der Waals surface area contributed by atoms with Crippen LogP contribution in [0.5, 0.6) is 0 Å². The van der Waals surface area contributed by atoms with E-state index in [1.807, 2.05) is 39.8 Å². The molecule has 0 saturated carbocycles. The summed E-state index contributed by atoms with van der Waals surface area (Å²) < 4.78 is 2.40. The Hall–Kier alpha value is -2.74. The summed E-state index contributed by atoms with van der Waals surface area (Å²) >= 11 is 1.26. The van der Waals surface area contributed by atoms with E-state index < -0.39 is 0 Å². The van der Waals surface area contributed by atoms with Gasteiger partial charge in [-0.05, 0) is 39.8 Å². The van der Waals surface area contributed by atoms with Gasteiger partial charge in [0.15, 0.2) is 16.5 Å². The summed E-state index contributed by atoms with van der Waals surface area (Å²) in [5, 5.41) is 7.76. The van der Waals surface area contributed by atoms with Crippen molar-refractivity contribution in [3.63, 3.8) is 0 Å². The largest absolute Gasteiger partial charge is 0.343 e. The molecular formula is C19H23N5O2S. The molecule has 0 aliphatic heterocycles. The molecule has 0 bridgehead atoms. The summed E-state index contributed by atoms with van der Waals surface area (Å²) in [4.78, 5) is 31.0. The molecule has 1 N–H and O–H groups in total. The van der Waals surface area contributed by atoms with Gasteiger partial charge in [0.1, 0.15) is 4.70 Å². The second-order valence-corrected chi connectivity index (χ2v) is 8.62. The molecule has 2 amide bonds. The number of carbonyl (C=O) groups is 2. The Morgan fingerprint density at radius 2 is 1.78 bits per heavy atom. The van der Waals surface area contributed by atoms with Gasteiger partial charge in [-0.3, -0.25) is 14.9 Å². The fourth-order valence-electron chi connectivity index (χ4n) is 2.55. The number of hydrogen-bond donors (Lipinski definition) is 1. The number of benzene rings is 1. The Morgan fingerprint density at radius 1 is 1.15 bits per heavy atom. The van der Waals surface area contributed by atoms with Crippen LogP contribution < -0.4 is 5.32 Å². The van der Waals surface area contributed by atoms with Crippen LogP contribution in [-0.4, -0.2) is 45.6 Å². The smallest absolute Gasteiger partial charge is 0.275 e. The van der Waals surface area contributed by atoms with Crippen LogP contribution >= 0.6 is 11.3 Å². The number of aromatic nitrogens is 3. The average molecular weight is 385 g/mol. The van der Waals surface area contributed by atoms with Gasteiger partial charge in [0, 0.05) is 19.7 Å². The molecule has 0 spiro atoms. The third-order valence-corrected chi connectivity index (χ3v) is 4.97. The maximum atomic E-state index is 12.5. The zero-order chi connectivity index (χ0) is 19.9. The van der Waals surface area contributed by atoms with E-state index >= 15 is 0 Å². The van der Waals surface area contributed by atoms with Crippen molar-refractivity contribution in [2.45, 2.75) is 33.2 Å². The van der Waals surface area contributed by atoms with Crippen LogP contribution in [0.4, 0.5) is 5.13 Å². The van der Waals surface area contributed by atoms with Crippen LogP contribution in [0.3, 0.4) is 0 Å². The average Bonchev–Trinajstić information content (AvgIpc) is 3.12. The molecule has 0 aliphatic rings. The molecule has 2 aromatic heterocycles. The molecule has 0 atom stereocenters. The van der Waals surface area contributed by atoms with Crippen molar-refractivity contribution in [3.8, 4) is 0 Å². The summed E-state index contributed by atoms with van der Waals surface area (Å²) in [6.45, 7) is 7.95. The van der Waals surface area contributed by atoms with Gasteiger partial charge in [0.05, 0.1) is 5.54 Å². The van der Waals surface area contributed by atoms with Gasteiger partial charge < -0.3 is 4.90 Å². The number of carbonyl (C=O) groups excluding carboxylic acids is 2. The number of aryl methyl sites for hydroxylation is 1. The van der Waals surface area contributed by atoms with Crippen molar-refractivity contribution in [1.82, 2.24) is 19.7 Å². The minimum absolute atomic E-state index is 0.192. The third-order valence-electron chi connectivity index (χ3n) is 4.00. The van der Waals surface area contributed by atoms with E-state index in [2.05, 4.69) is 15.4 Å². The lowest BCUT2D eigenvalue weighted by molar-refractivity contribution is 0.0822. The van der Waals surface area contributed by atoms with Gasteiger partial charge in [-0.25, -0.2) is 4.68 Å². The zero-order valence-electron chi connectivity index (χ0n) is 16.3. The molecule has 7 nitrogen and oxygen atoms in total. The molecule has 1 aromatic carbocycles. The highest BCUT2D eigenvalue weighted by Gasteiger charge is 2.28. The molecule has 0 aliphatic carbocycles. The number of thiazole rings is 1. The highest BCUT2D eigenvalue weighted by Crippen LogP contribution is 2.32. The Bertz CT molecular complexity index is 1010. The van der Waals surface area contributed by atoms with E-state index in [-0.39, 0.29) is 17.4 Å². The minimum atomic E-state index is -0.352. The lowest BCUT2D eigenvalue weighted by Gasteiger charge is -2.19. The normalized spacial score (nSPS) is 11.6. The molecule has 2 heterocycles. The predicted octanol–water partition coefficient (Wildman–Crippen LogP) is 3.51. The van der Waals surface area contributed by atoms with Crippen LogP contribution in [-0.2, 0) is 5.54 Å². The molecule has 0 fully saturated rings. The molecule has 27 heavy (non-hydrogen) atoms. The molecular weight excluding hydrogens is 362 g/mol. The molecule has 142 valence electrons. The number of hydrogen-bond acceptors (Lipinski definition) is 5. The Balaban J connectivity index is 2.01. The monoisotopic (exact) mass is 385 g/mol. The Labute approximate surface area is 162 Å². The maximum Gasteiger partial charge on any atom is 0.275 e. The SMILES string of the molecule is Cc1ccc(C(=O)Nc2nc3c(s2)c(C(=O)N(C)C)nn3C(C)(C)C)cc1. The summed E-state index contributed by atoms with van der Waals surface area (Å²) in [6, 6.07) is 7.32. The van der Waals surface area contributed by atoms with Gasteiger partial charge in [0.25, 0.3) is 11.8 Å². The predicted molar refractivity (Wildman–Crippen MR) is 108 cm³/mol. The molecule has 0 unspecified atom stereocenters. The molecule has 8 heteroatoms. The second-order valence-electron chi connectivity index (χ2n) is 7.62. The van der Waals surface area contributed by atoms with Gasteiger partial charge in [-0.1, -0.05) is 29.0 Å². The Kier molecular flexibility index (Phi) is 4.77. The van der Waals surface area contributed by atoms with Crippen molar-refractivity contribution < 1.29 is 9.59 Å². The van der Waals surface area contributed by atoms with Crippen LogP contribution in [0.15, 0.2) is 24.3 Å². The number of nitrogens with zero attached hydrogens (tertiary/aromatic N) is 4. The van der Waals surface area contributed by atoms with Crippen molar-refractivity contribution >= 4 is 38.6 Å². The van der Waals surface area contributed by atoms with Gasteiger partial charge >= 0.3 is 0 Å². The fourth-order valence-corrected chi connectivity index (χ4v) is 3.47. The standard InChI is InChI=1S/C19H23N5O2S/c1-11-7-9-12(10-8-11)16(25)21-18-20-15-14(27-18)13(17(26)23(5)6)22-24(15)19(2,3)4/h7-10H,1-6H3,(H,20,21,25). The molecule has 3 rings (SSSR count). The third kappa shape index (κ3) is 3.71. The van der Waals surface area contributed by atoms with Crippen molar-refractivity contribution in [3.05, 3.63) is 41.1 Å². The summed E-state index contributed by atoms with van der Waals surface area (Å²) in [5.41, 5.74) is 2.23. The first-order chi connectivity index (χ1) is 12.6. The number of fused-ring (bicyclic) bond motifs is 1. The number of amides is 2. The van der Waals surface area contributed by atoms with Crippen molar-refractivity contribution in [1.29, 1.82) is 0 Å². The van der Waals surface area contributed by atoms with Gasteiger partial charge in [-0.2, -0.15) is 10.1 Å². The van der Waals surface area contributed by atoms with E-state index in [1.54, 1.807) is 30.9 Å². The topological polar surface area (TPSA) is 80.1 Å². The molecule has 0 saturated heterocycles. The van der Waals surface area contributed by atoms with Gasteiger partial charge in [0.2, 0.25) is 0 Å². The van der Waals surface area contributed by atoms with E-state index in [0.717, 1.165) is 5.56 Å². The molecule has 3 aromatic rings. The lowest BCUT2D eigenvalue weighted by Crippen LogP contribution is -2.26. The lowest BCUT2D eigenvalue weighted by atomic mass is 10.1. The first-order valence-corrected chi connectivity index (χ1v) is 9.39. The van der Waals surface area contributed by atoms with Crippen LogP contribution in [0, 0.1) is 6.92 Å². The van der Waals surface area contributed by atoms with E-state index in [1.165, 1.54) is 16.2 Å². The minimum Gasteiger partial charge on any atom is -0.343 e. The highest BCUT2D eigenvalue weighted by atomic mass is 32.1. The van der Waals surface area contributed by atoms with Crippen LogP contribution in [0.2, 0.25) is 0 Å². The quantitative estimate of drug-likeness (QED) is 0.748. The van der Waals surface area contributed by atoms with Gasteiger partial charge in [-0.15, -0.1) is 0 Å². The van der Waals surface area contributed by atoms with Crippen LogP contribution in [0.1, 0.15) is 47.2 Å². The summed E-state index contributed by atoms with van der Waals surface area (Å²) in [7, 11) is 3.37. The fraction of sp³-hybridized carbons (Fsp3) is 0.368. The number of rotatable bonds is 3. The number of nitrogens with one attached hydrogen (secondary N) is 1. The first-order valence-electron chi connectivity index (χ1n) is 8.57. The van der Waals surface area contributed by atoms with E-state index in [9.17, 15) is 9.59 Å². The Morgan fingerprint density at radius 3 is 2.33 bits per heavy atom. The number of anilines is 1. The van der Waals surface area contributed by atoms with E-state index in [4.69, 9.17) is 0 Å². The summed E-state index contributed by atoms with van der Waals surface area (Å²) in [6.07, 6.45) is 0.